The lowest BCUT2D eigenvalue weighted by atomic mass is 9.95. The van der Waals surface area contributed by atoms with Gasteiger partial charge < -0.3 is 15.2 Å². The second-order valence-electron chi connectivity index (χ2n) is 8.24. The van der Waals surface area contributed by atoms with Gasteiger partial charge in [0.05, 0.1) is 17.0 Å². The first-order chi connectivity index (χ1) is 16.1. The van der Waals surface area contributed by atoms with Gasteiger partial charge in [0.25, 0.3) is 5.91 Å². The number of aryl methyl sites for hydroxylation is 1. The Balaban J connectivity index is 1.36. The maximum atomic E-state index is 12.7. The Kier molecular flexibility index (Phi) is 7.78. The molecular formula is C25H29N5O2S. The normalized spacial score (nSPS) is 14.1. The van der Waals surface area contributed by atoms with E-state index in [4.69, 9.17) is 0 Å². The van der Waals surface area contributed by atoms with E-state index in [9.17, 15) is 9.59 Å². The van der Waals surface area contributed by atoms with Gasteiger partial charge in [-0.1, -0.05) is 73.5 Å². The van der Waals surface area contributed by atoms with Crippen molar-refractivity contribution in [1.29, 1.82) is 0 Å². The Morgan fingerprint density at radius 1 is 1.00 bits per heavy atom. The Morgan fingerprint density at radius 2 is 1.73 bits per heavy atom. The fourth-order valence-electron chi connectivity index (χ4n) is 4.19. The Morgan fingerprint density at radius 3 is 2.52 bits per heavy atom. The number of hydrogen-bond donors (Lipinski definition) is 2. The van der Waals surface area contributed by atoms with E-state index in [0.29, 0.717) is 23.8 Å². The minimum Gasteiger partial charge on any atom is -0.348 e. The molecule has 2 amide bonds. The zero-order valence-electron chi connectivity index (χ0n) is 18.8. The van der Waals surface area contributed by atoms with Gasteiger partial charge in [0.2, 0.25) is 5.91 Å². The number of benzene rings is 2. The smallest absolute Gasteiger partial charge is 0.253 e. The van der Waals surface area contributed by atoms with E-state index in [1.807, 2.05) is 37.3 Å². The second kappa shape index (κ2) is 11.1. The van der Waals surface area contributed by atoms with Crippen LogP contribution in [0.3, 0.4) is 0 Å². The van der Waals surface area contributed by atoms with Gasteiger partial charge in [-0.15, -0.1) is 10.2 Å². The first kappa shape index (κ1) is 23.0. The summed E-state index contributed by atoms with van der Waals surface area (Å²) in [5.74, 6) is 0.685. The lowest BCUT2D eigenvalue weighted by Crippen LogP contribution is -2.25. The highest BCUT2D eigenvalue weighted by atomic mass is 32.2. The van der Waals surface area contributed by atoms with Crippen molar-refractivity contribution in [2.24, 2.45) is 0 Å². The number of anilines is 1. The summed E-state index contributed by atoms with van der Waals surface area (Å²) in [4.78, 5) is 25.4. The number of carbonyl (C=O) groups excluding carboxylic acids is 2. The standard InChI is InChI=1S/C25H29N5O2S/c1-18-28-29-25(30(18)20-12-6-3-7-13-20)33-17-23(31)27-22-15-9-8-14-21(22)24(32)26-16-19-10-4-2-5-11-19/h2,4-5,8-11,14-15,20H,3,6-7,12-13,16-17H2,1H3,(H,26,32)(H,27,31). The molecule has 8 heteroatoms. The Bertz CT molecular complexity index is 1090. The molecule has 33 heavy (non-hydrogen) atoms. The predicted octanol–water partition coefficient (Wildman–Crippen LogP) is 4.75. The van der Waals surface area contributed by atoms with Gasteiger partial charge in [0.1, 0.15) is 5.82 Å². The van der Waals surface area contributed by atoms with Crippen LogP contribution in [-0.2, 0) is 11.3 Å². The zero-order chi connectivity index (χ0) is 23.0. The molecule has 1 aromatic heterocycles. The van der Waals surface area contributed by atoms with Crippen molar-refractivity contribution in [3.8, 4) is 0 Å². The van der Waals surface area contributed by atoms with Crippen LogP contribution in [0.5, 0.6) is 0 Å². The molecule has 1 fully saturated rings. The number of amides is 2. The van der Waals surface area contributed by atoms with E-state index >= 15 is 0 Å². The number of nitrogens with zero attached hydrogens (tertiary/aromatic N) is 3. The number of aromatic nitrogens is 3. The number of rotatable bonds is 8. The van der Waals surface area contributed by atoms with Crippen molar-refractivity contribution in [3.05, 3.63) is 71.5 Å². The largest absolute Gasteiger partial charge is 0.348 e. The molecule has 3 aromatic rings. The number of para-hydroxylation sites is 1. The minimum atomic E-state index is -0.227. The van der Waals surface area contributed by atoms with Gasteiger partial charge in [-0.25, -0.2) is 0 Å². The molecule has 0 aliphatic heterocycles. The second-order valence-corrected chi connectivity index (χ2v) is 9.18. The number of nitrogens with one attached hydrogen (secondary N) is 2. The summed E-state index contributed by atoms with van der Waals surface area (Å²) >= 11 is 1.39. The van der Waals surface area contributed by atoms with Gasteiger partial charge in [-0.05, 0) is 37.5 Å². The van der Waals surface area contributed by atoms with Gasteiger partial charge in [-0.2, -0.15) is 0 Å². The minimum absolute atomic E-state index is 0.181. The third-order valence-corrected chi connectivity index (χ3v) is 6.79. The van der Waals surface area contributed by atoms with E-state index in [2.05, 4.69) is 25.4 Å². The molecule has 1 aliphatic rings. The van der Waals surface area contributed by atoms with Crippen molar-refractivity contribution in [3.63, 3.8) is 0 Å². The highest BCUT2D eigenvalue weighted by Crippen LogP contribution is 2.32. The number of hydrogen-bond acceptors (Lipinski definition) is 5. The number of thioether (sulfide) groups is 1. The first-order valence-electron chi connectivity index (χ1n) is 11.4. The lowest BCUT2D eigenvalue weighted by molar-refractivity contribution is -0.113. The van der Waals surface area contributed by atoms with Crippen molar-refractivity contribution in [1.82, 2.24) is 20.1 Å². The maximum absolute atomic E-state index is 12.7. The Labute approximate surface area is 198 Å². The molecule has 0 saturated heterocycles. The SMILES string of the molecule is Cc1nnc(SCC(=O)Nc2ccccc2C(=O)NCc2ccccc2)n1C1CCCCC1. The van der Waals surface area contributed by atoms with Crippen molar-refractivity contribution < 1.29 is 9.59 Å². The van der Waals surface area contributed by atoms with Crippen LogP contribution in [0.25, 0.3) is 0 Å². The van der Waals surface area contributed by atoms with Crippen molar-refractivity contribution in [2.75, 3.05) is 11.1 Å². The van der Waals surface area contributed by atoms with Crippen LogP contribution < -0.4 is 10.6 Å². The molecule has 4 rings (SSSR count). The summed E-state index contributed by atoms with van der Waals surface area (Å²) in [6, 6.07) is 17.2. The van der Waals surface area contributed by atoms with Gasteiger partial charge in [0.15, 0.2) is 5.16 Å². The van der Waals surface area contributed by atoms with E-state index in [1.165, 1.54) is 31.0 Å². The third-order valence-electron chi connectivity index (χ3n) is 5.85. The van der Waals surface area contributed by atoms with Crippen LogP contribution in [0.1, 0.15) is 59.9 Å². The van der Waals surface area contributed by atoms with Crippen LogP contribution in [0.2, 0.25) is 0 Å². The quantitative estimate of drug-likeness (QED) is 0.471. The molecule has 2 aromatic carbocycles. The molecule has 1 aliphatic carbocycles. The number of carbonyl (C=O) groups is 2. The summed E-state index contributed by atoms with van der Waals surface area (Å²) in [6.45, 7) is 2.39. The van der Waals surface area contributed by atoms with Crippen molar-refractivity contribution in [2.45, 2.75) is 56.8 Å². The highest BCUT2D eigenvalue weighted by molar-refractivity contribution is 7.99. The molecule has 0 bridgehead atoms. The first-order valence-corrected chi connectivity index (χ1v) is 12.4. The highest BCUT2D eigenvalue weighted by Gasteiger charge is 2.22. The third kappa shape index (κ3) is 6.01. The van der Waals surface area contributed by atoms with Crippen LogP contribution >= 0.6 is 11.8 Å². The molecule has 172 valence electrons. The molecule has 0 atom stereocenters. The molecule has 0 radical (unpaired) electrons. The molecule has 0 unspecified atom stereocenters. The van der Waals surface area contributed by atoms with Gasteiger partial charge in [-0.3, -0.25) is 9.59 Å². The topological polar surface area (TPSA) is 88.9 Å². The fraction of sp³-hybridized carbons (Fsp3) is 0.360. The maximum Gasteiger partial charge on any atom is 0.253 e. The van der Waals surface area contributed by atoms with Crippen LogP contribution in [-0.4, -0.2) is 32.3 Å². The molecule has 1 heterocycles. The molecule has 7 nitrogen and oxygen atoms in total. The Hall–Kier alpha value is -3.13. The lowest BCUT2D eigenvalue weighted by Gasteiger charge is -2.24. The summed E-state index contributed by atoms with van der Waals surface area (Å²) in [6.07, 6.45) is 5.97. The molecule has 1 saturated carbocycles. The van der Waals surface area contributed by atoms with E-state index < -0.39 is 0 Å². The predicted molar refractivity (Wildman–Crippen MR) is 130 cm³/mol. The van der Waals surface area contributed by atoms with E-state index in [0.717, 1.165) is 29.4 Å². The summed E-state index contributed by atoms with van der Waals surface area (Å²) in [7, 11) is 0. The summed E-state index contributed by atoms with van der Waals surface area (Å²) in [5.41, 5.74) is 1.95. The van der Waals surface area contributed by atoms with Crippen LogP contribution in [0.4, 0.5) is 5.69 Å². The summed E-state index contributed by atoms with van der Waals surface area (Å²) < 4.78 is 2.18. The van der Waals surface area contributed by atoms with Crippen LogP contribution in [0, 0.1) is 6.92 Å². The fourth-order valence-corrected chi connectivity index (χ4v) is 5.04. The van der Waals surface area contributed by atoms with E-state index in [-0.39, 0.29) is 17.6 Å². The molecule has 2 N–H and O–H groups in total. The van der Waals surface area contributed by atoms with Crippen LogP contribution in [0.15, 0.2) is 59.8 Å². The molecular weight excluding hydrogens is 434 g/mol. The average Bonchev–Trinajstić information content (AvgIpc) is 3.23. The van der Waals surface area contributed by atoms with E-state index in [1.54, 1.807) is 24.3 Å². The monoisotopic (exact) mass is 463 g/mol. The average molecular weight is 464 g/mol. The molecule has 0 spiro atoms. The van der Waals surface area contributed by atoms with Crippen molar-refractivity contribution >= 4 is 29.3 Å². The zero-order valence-corrected chi connectivity index (χ0v) is 19.6. The van der Waals surface area contributed by atoms with Gasteiger partial charge >= 0.3 is 0 Å². The van der Waals surface area contributed by atoms with Gasteiger partial charge in [0, 0.05) is 12.6 Å². The summed E-state index contributed by atoms with van der Waals surface area (Å²) in [5, 5.41) is 15.1.